The number of hydrogen-bond acceptors (Lipinski definition) is 2. The Morgan fingerprint density at radius 1 is 1.22 bits per heavy atom. The molecule has 0 aromatic carbocycles. The molecule has 106 valence electrons. The summed E-state index contributed by atoms with van der Waals surface area (Å²) >= 11 is 0. The molecule has 1 fully saturated rings. The van der Waals surface area contributed by atoms with Gasteiger partial charge < -0.3 is 10.1 Å². The van der Waals surface area contributed by atoms with Crippen LogP contribution in [0.15, 0.2) is 0 Å². The van der Waals surface area contributed by atoms with Gasteiger partial charge in [-0.2, -0.15) is 0 Å². The Hall–Kier alpha value is -0.730. The third-order valence-electron chi connectivity index (χ3n) is 3.59. The minimum atomic E-state index is -0.412. The second kappa shape index (κ2) is 6.44. The second-order valence-corrected chi connectivity index (χ2v) is 6.57. The number of hydrogen-bond donors (Lipinski definition) is 1. The van der Waals surface area contributed by atoms with Gasteiger partial charge in [0.2, 0.25) is 0 Å². The van der Waals surface area contributed by atoms with Crippen LogP contribution in [0.25, 0.3) is 0 Å². The largest absolute Gasteiger partial charge is 0.444 e. The van der Waals surface area contributed by atoms with Gasteiger partial charge in [0.1, 0.15) is 5.60 Å². The van der Waals surface area contributed by atoms with Crippen molar-refractivity contribution in [2.45, 2.75) is 90.2 Å². The second-order valence-electron chi connectivity index (χ2n) is 6.57. The Morgan fingerprint density at radius 2 is 1.83 bits per heavy atom. The lowest BCUT2D eigenvalue weighted by molar-refractivity contribution is 0.0413. The molecule has 1 rings (SSSR count). The predicted molar refractivity (Wildman–Crippen MR) is 74.7 cm³/mol. The molecule has 0 heterocycles. The topological polar surface area (TPSA) is 38.3 Å². The van der Waals surface area contributed by atoms with E-state index in [2.05, 4.69) is 12.2 Å². The van der Waals surface area contributed by atoms with E-state index in [-0.39, 0.29) is 11.6 Å². The van der Waals surface area contributed by atoms with E-state index < -0.39 is 5.60 Å². The number of unbranched alkanes of at least 4 members (excludes halogenated alkanes) is 1. The van der Waals surface area contributed by atoms with Crippen molar-refractivity contribution in [1.82, 2.24) is 5.32 Å². The molecule has 0 aromatic rings. The lowest BCUT2D eigenvalue weighted by Gasteiger charge is -2.38. The van der Waals surface area contributed by atoms with Gasteiger partial charge >= 0.3 is 6.09 Å². The van der Waals surface area contributed by atoms with Gasteiger partial charge in [0.15, 0.2) is 0 Å². The van der Waals surface area contributed by atoms with Gasteiger partial charge in [0.25, 0.3) is 0 Å². The summed E-state index contributed by atoms with van der Waals surface area (Å²) in [4.78, 5) is 12.0. The third kappa shape index (κ3) is 5.28. The van der Waals surface area contributed by atoms with Crippen LogP contribution in [-0.2, 0) is 4.74 Å². The summed E-state index contributed by atoms with van der Waals surface area (Å²) in [5, 5.41) is 3.16. The fraction of sp³-hybridized carbons (Fsp3) is 0.933. The van der Waals surface area contributed by atoms with Crippen LogP contribution >= 0.6 is 0 Å². The number of rotatable bonds is 4. The van der Waals surface area contributed by atoms with Gasteiger partial charge in [-0.3, -0.25) is 0 Å². The van der Waals surface area contributed by atoms with E-state index in [9.17, 15) is 4.79 Å². The standard InChI is InChI=1S/C15H29NO2/c1-5-6-10-15(11-8-7-9-12-15)16-13(17)18-14(2,3)4/h5-12H2,1-4H3,(H,16,17). The van der Waals surface area contributed by atoms with E-state index in [1.54, 1.807) is 0 Å². The van der Waals surface area contributed by atoms with Crippen molar-refractivity contribution in [3.63, 3.8) is 0 Å². The SMILES string of the molecule is CCCCC1(NC(=O)OC(C)(C)C)CCCCC1. The Labute approximate surface area is 112 Å². The summed E-state index contributed by atoms with van der Waals surface area (Å²) in [5.41, 5.74) is -0.415. The first-order valence-corrected chi connectivity index (χ1v) is 7.38. The van der Waals surface area contributed by atoms with E-state index in [0.717, 1.165) is 19.3 Å². The highest BCUT2D eigenvalue weighted by molar-refractivity contribution is 5.68. The summed E-state index contributed by atoms with van der Waals surface area (Å²) in [6.07, 6.45) is 9.14. The van der Waals surface area contributed by atoms with Gasteiger partial charge in [-0.25, -0.2) is 4.79 Å². The average Bonchev–Trinajstić information content (AvgIpc) is 2.25. The molecule has 3 heteroatoms. The van der Waals surface area contributed by atoms with Gasteiger partial charge in [-0.1, -0.05) is 39.0 Å². The first kappa shape index (κ1) is 15.3. The van der Waals surface area contributed by atoms with Crippen molar-refractivity contribution >= 4 is 6.09 Å². The smallest absolute Gasteiger partial charge is 0.408 e. The van der Waals surface area contributed by atoms with E-state index >= 15 is 0 Å². The van der Waals surface area contributed by atoms with Crippen LogP contribution in [0.2, 0.25) is 0 Å². The van der Waals surface area contributed by atoms with Crippen molar-refractivity contribution in [2.24, 2.45) is 0 Å². The predicted octanol–water partition coefficient (Wildman–Crippen LogP) is 4.40. The molecule has 1 aliphatic carbocycles. The summed E-state index contributed by atoms with van der Waals surface area (Å²) in [7, 11) is 0. The van der Waals surface area contributed by atoms with Crippen molar-refractivity contribution in [1.29, 1.82) is 0 Å². The first-order chi connectivity index (χ1) is 8.37. The summed E-state index contributed by atoms with van der Waals surface area (Å²) in [6.45, 7) is 7.93. The fourth-order valence-corrected chi connectivity index (χ4v) is 2.70. The van der Waals surface area contributed by atoms with Crippen LogP contribution in [0.3, 0.4) is 0 Å². The Balaban J connectivity index is 2.57. The zero-order valence-corrected chi connectivity index (χ0v) is 12.5. The molecule has 0 saturated heterocycles. The normalized spacial score (nSPS) is 19.3. The quantitative estimate of drug-likeness (QED) is 0.808. The maximum atomic E-state index is 12.0. The Kier molecular flexibility index (Phi) is 5.48. The third-order valence-corrected chi connectivity index (χ3v) is 3.59. The molecule has 1 saturated carbocycles. The molecule has 18 heavy (non-hydrogen) atoms. The monoisotopic (exact) mass is 255 g/mol. The van der Waals surface area contributed by atoms with Crippen LogP contribution < -0.4 is 5.32 Å². The van der Waals surface area contributed by atoms with E-state index in [1.165, 1.54) is 32.1 Å². The van der Waals surface area contributed by atoms with Gasteiger partial charge in [-0.05, 0) is 40.0 Å². The van der Waals surface area contributed by atoms with Crippen LogP contribution in [0.4, 0.5) is 4.79 Å². The minimum absolute atomic E-state index is 0.00338. The zero-order valence-electron chi connectivity index (χ0n) is 12.5. The van der Waals surface area contributed by atoms with Gasteiger partial charge in [0, 0.05) is 5.54 Å². The number of carbonyl (C=O) groups is 1. The van der Waals surface area contributed by atoms with E-state index in [1.807, 2.05) is 20.8 Å². The highest BCUT2D eigenvalue weighted by Gasteiger charge is 2.34. The fourth-order valence-electron chi connectivity index (χ4n) is 2.70. The van der Waals surface area contributed by atoms with Gasteiger partial charge in [0.05, 0.1) is 0 Å². The lowest BCUT2D eigenvalue weighted by Crippen LogP contribution is -2.51. The molecule has 0 aliphatic heterocycles. The number of amides is 1. The van der Waals surface area contributed by atoms with Crippen LogP contribution in [0.5, 0.6) is 0 Å². The van der Waals surface area contributed by atoms with E-state index in [0.29, 0.717) is 0 Å². The average molecular weight is 255 g/mol. The number of alkyl carbamates (subject to hydrolysis) is 1. The van der Waals surface area contributed by atoms with Gasteiger partial charge in [-0.15, -0.1) is 0 Å². The molecule has 0 aromatic heterocycles. The Bertz CT molecular complexity index is 262. The number of ether oxygens (including phenoxy) is 1. The molecule has 1 amide bonds. The molecule has 1 N–H and O–H groups in total. The summed E-state index contributed by atoms with van der Waals surface area (Å²) in [5.74, 6) is 0. The highest BCUT2D eigenvalue weighted by atomic mass is 16.6. The zero-order chi connectivity index (χ0) is 13.6. The van der Waals surface area contributed by atoms with Crippen LogP contribution in [0.1, 0.15) is 79.1 Å². The highest BCUT2D eigenvalue weighted by Crippen LogP contribution is 2.32. The van der Waals surface area contributed by atoms with Crippen molar-refractivity contribution in [3.8, 4) is 0 Å². The minimum Gasteiger partial charge on any atom is -0.444 e. The molecule has 0 spiro atoms. The summed E-state index contributed by atoms with van der Waals surface area (Å²) < 4.78 is 5.40. The summed E-state index contributed by atoms with van der Waals surface area (Å²) in [6, 6.07) is 0. The van der Waals surface area contributed by atoms with Crippen molar-refractivity contribution in [2.75, 3.05) is 0 Å². The lowest BCUT2D eigenvalue weighted by atomic mass is 9.78. The molecule has 0 radical (unpaired) electrons. The molecule has 1 aliphatic rings. The molecular weight excluding hydrogens is 226 g/mol. The molecule has 0 bridgehead atoms. The molecule has 0 atom stereocenters. The van der Waals surface area contributed by atoms with Crippen molar-refractivity contribution in [3.05, 3.63) is 0 Å². The van der Waals surface area contributed by atoms with Crippen LogP contribution in [0, 0.1) is 0 Å². The maximum Gasteiger partial charge on any atom is 0.408 e. The van der Waals surface area contributed by atoms with E-state index in [4.69, 9.17) is 4.74 Å². The molecule has 0 unspecified atom stereocenters. The molecular formula is C15H29NO2. The molecule has 3 nitrogen and oxygen atoms in total. The number of carbonyl (C=O) groups excluding carboxylic acids is 1. The number of nitrogens with one attached hydrogen (secondary N) is 1. The van der Waals surface area contributed by atoms with Crippen molar-refractivity contribution < 1.29 is 9.53 Å². The maximum absolute atomic E-state index is 12.0. The first-order valence-electron chi connectivity index (χ1n) is 7.38. The van der Waals surface area contributed by atoms with Crippen LogP contribution in [-0.4, -0.2) is 17.2 Å². The Morgan fingerprint density at radius 3 is 2.33 bits per heavy atom.